The fourth-order valence-corrected chi connectivity index (χ4v) is 1.43. The van der Waals surface area contributed by atoms with Crippen LogP contribution in [0.2, 0.25) is 0 Å². The SMILES string of the molecule is CCOC(=O)C(F)[C@H](N)c1cc([N+](=O)[O-])ccc1F.Cl. The summed E-state index contributed by atoms with van der Waals surface area (Å²) in [5, 5.41) is 10.6. The lowest BCUT2D eigenvalue weighted by Gasteiger charge is -2.16. The van der Waals surface area contributed by atoms with E-state index in [9.17, 15) is 23.7 Å². The number of non-ortho nitro benzene ring substituents is 1. The van der Waals surface area contributed by atoms with Crippen LogP contribution in [0.15, 0.2) is 18.2 Å². The molecule has 0 spiro atoms. The number of nitrogens with two attached hydrogens (primary N) is 1. The molecule has 112 valence electrons. The van der Waals surface area contributed by atoms with E-state index in [1.807, 2.05) is 0 Å². The van der Waals surface area contributed by atoms with Gasteiger partial charge in [-0.05, 0) is 13.0 Å². The molecule has 1 aromatic rings. The molecule has 1 rings (SSSR count). The summed E-state index contributed by atoms with van der Waals surface area (Å²) in [5.74, 6) is -2.16. The maximum absolute atomic E-state index is 13.6. The predicted molar refractivity (Wildman–Crippen MR) is 68.8 cm³/mol. The number of halogens is 3. The molecule has 0 radical (unpaired) electrons. The fraction of sp³-hybridized carbons (Fsp3) is 0.364. The molecule has 6 nitrogen and oxygen atoms in total. The molecule has 0 heterocycles. The lowest BCUT2D eigenvalue weighted by molar-refractivity contribution is -0.385. The van der Waals surface area contributed by atoms with Crippen LogP contribution in [-0.2, 0) is 9.53 Å². The van der Waals surface area contributed by atoms with Gasteiger partial charge in [-0.3, -0.25) is 10.1 Å². The number of nitro benzene ring substituents is 1. The molecule has 0 aliphatic heterocycles. The van der Waals surface area contributed by atoms with Gasteiger partial charge in [0.25, 0.3) is 5.69 Å². The predicted octanol–water partition coefficient (Wildman–Crippen LogP) is 2.06. The van der Waals surface area contributed by atoms with Crippen molar-refractivity contribution < 1.29 is 23.2 Å². The summed E-state index contributed by atoms with van der Waals surface area (Å²) in [4.78, 5) is 20.9. The van der Waals surface area contributed by atoms with E-state index < -0.39 is 40.2 Å². The van der Waals surface area contributed by atoms with Crippen molar-refractivity contribution in [2.75, 3.05) is 6.61 Å². The van der Waals surface area contributed by atoms with Crippen LogP contribution < -0.4 is 5.73 Å². The molecular formula is C11H13ClF2N2O4. The first-order chi connectivity index (χ1) is 8.88. The molecule has 20 heavy (non-hydrogen) atoms. The standard InChI is InChI=1S/C11H12F2N2O4.ClH/c1-2-19-11(16)9(13)10(14)7-5-6(15(17)18)3-4-8(7)12;/h3-5,9-10H,2,14H2,1H3;1H/t9?,10-;/m1./s1. The van der Waals surface area contributed by atoms with Gasteiger partial charge in [0, 0.05) is 17.7 Å². The van der Waals surface area contributed by atoms with Crippen molar-refractivity contribution in [3.8, 4) is 0 Å². The number of carbonyl (C=O) groups excluding carboxylic acids is 1. The highest BCUT2D eigenvalue weighted by Gasteiger charge is 2.30. The van der Waals surface area contributed by atoms with Gasteiger partial charge in [0.15, 0.2) is 0 Å². The van der Waals surface area contributed by atoms with Crippen molar-refractivity contribution in [2.24, 2.45) is 5.73 Å². The first-order valence-corrected chi connectivity index (χ1v) is 5.38. The lowest BCUT2D eigenvalue weighted by Crippen LogP contribution is -2.32. The van der Waals surface area contributed by atoms with Crippen molar-refractivity contribution in [2.45, 2.75) is 19.1 Å². The summed E-state index contributed by atoms with van der Waals surface area (Å²) in [6.45, 7) is 1.42. The highest BCUT2D eigenvalue weighted by Crippen LogP contribution is 2.25. The van der Waals surface area contributed by atoms with Gasteiger partial charge in [0.1, 0.15) is 5.82 Å². The second kappa shape index (κ2) is 7.71. The second-order valence-corrected chi connectivity index (χ2v) is 3.64. The van der Waals surface area contributed by atoms with E-state index in [0.717, 1.165) is 18.2 Å². The summed E-state index contributed by atoms with van der Waals surface area (Å²) >= 11 is 0. The molecule has 0 bridgehead atoms. The van der Waals surface area contributed by atoms with E-state index in [1.165, 1.54) is 6.92 Å². The van der Waals surface area contributed by atoms with E-state index in [0.29, 0.717) is 0 Å². The van der Waals surface area contributed by atoms with Crippen LogP contribution in [0.5, 0.6) is 0 Å². The molecule has 2 atom stereocenters. The summed E-state index contributed by atoms with van der Waals surface area (Å²) in [6.07, 6.45) is -2.29. The smallest absolute Gasteiger partial charge is 0.342 e. The zero-order valence-corrected chi connectivity index (χ0v) is 11.2. The Morgan fingerprint density at radius 3 is 2.65 bits per heavy atom. The molecule has 1 unspecified atom stereocenters. The Bertz CT molecular complexity index is 501. The van der Waals surface area contributed by atoms with Crippen LogP contribution in [0.3, 0.4) is 0 Å². The average molecular weight is 311 g/mol. The highest BCUT2D eigenvalue weighted by atomic mass is 35.5. The Hall–Kier alpha value is -1.80. The minimum atomic E-state index is -2.29. The highest BCUT2D eigenvalue weighted by molar-refractivity contribution is 5.85. The summed E-state index contributed by atoms with van der Waals surface area (Å²) < 4.78 is 31.5. The molecule has 9 heteroatoms. The van der Waals surface area contributed by atoms with Gasteiger partial charge in [0.2, 0.25) is 6.17 Å². The Balaban J connectivity index is 0.00000361. The van der Waals surface area contributed by atoms with E-state index in [1.54, 1.807) is 0 Å². The van der Waals surface area contributed by atoms with Crippen LogP contribution in [0.1, 0.15) is 18.5 Å². The number of nitrogens with zero attached hydrogens (tertiary/aromatic N) is 1. The third-order valence-electron chi connectivity index (χ3n) is 2.38. The molecule has 0 fully saturated rings. The molecule has 0 saturated heterocycles. The number of alkyl halides is 1. The topological polar surface area (TPSA) is 95.5 Å². The number of esters is 1. The molecule has 0 aromatic heterocycles. The second-order valence-electron chi connectivity index (χ2n) is 3.64. The monoisotopic (exact) mass is 310 g/mol. The number of carbonyl (C=O) groups is 1. The number of hydrogen-bond acceptors (Lipinski definition) is 5. The van der Waals surface area contributed by atoms with Crippen LogP contribution in [-0.4, -0.2) is 23.7 Å². The van der Waals surface area contributed by atoms with Crippen LogP contribution in [0.25, 0.3) is 0 Å². The molecule has 0 amide bonds. The molecular weight excluding hydrogens is 298 g/mol. The van der Waals surface area contributed by atoms with Crippen LogP contribution in [0.4, 0.5) is 14.5 Å². The van der Waals surface area contributed by atoms with Crippen molar-refractivity contribution >= 4 is 24.1 Å². The zero-order chi connectivity index (χ0) is 14.6. The van der Waals surface area contributed by atoms with E-state index in [-0.39, 0.29) is 19.0 Å². The van der Waals surface area contributed by atoms with Crippen molar-refractivity contribution in [1.82, 2.24) is 0 Å². The summed E-state index contributed by atoms with van der Waals surface area (Å²) in [7, 11) is 0. The Morgan fingerprint density at radius 2 is 2.15 bits per heavy atom. The Labute approximate surface area is 119 Å². The lowest BCUT2D eigenvalue weighted by atomic mass is 10.0. The quantitative estimate of drug-likeness (QED) is 0.510. The largest absolute Gasteiger partial charge is 0.464 e. The number of ether oxygens (including phenoxy) is 1. The number of hydrogen-bond donors (Lipinski definition) is 1. The minimum Gasteiger partial charge on any atom is -0.464 e. The first kappa shape index (κ1) is 18.2. The van der Waals surface area contributed by atoms with Crippen molar-refractivity contribution in [3.05, 3.63) is 39.7 Å². The number of rotatable bonds is 5. The van der Waals surface area contributed by atoms with Crippen molar-refractivity contribution in [1.29, 1.82) is 0 Å². The van der Waals surface area contributed by atoms with Gasteiger partial charge < -0.3 is 10.5 Å². The third kappa shape index (κ3) is 4.10. The summed E-state index contributed by atoms with van der Waals surface area (Å²) in [5.41, 5.74) is 4.51. The van der Waals surface area contributed by atoms with Crippen molar-refractivity contribution in [3.63, 3.8) is 0 Å². The maximum Gasteiger partial charge on any atom is 0.342 e. The number of benzene rings is 1. The maximum atomic E-state index is 13.6. The van der Waals surface area contributed by atoms with E-state index in [4.69, 9.17) is 5.73 Å². The zero-order valence-electron chi connectivity index (χ0n) is 10.4. The van der Waals surface area contributed by atoms with Gasteiger partial charge in [-0.15, -0.1) is 12.4 Å². The first-order valence-electron chi connectivity index (χ1n) is 5.38. The molecule has 1 aromatic carbocycles. The number of nitro groups is 1. The van der Waals surface area contributed by atoms with Gasteiger partial charge in [-0.1, -0.05) is 0 Å². The van der Waals surface area contributed by atoms with E-state index in [2.05, 4.69) is 4.74 Å². The van der Waals surface area contributed by atoms with Gasteiger partial charge in [-0.25, -0.2) is 13.6 Å². The van der Waals surface area contributed by atoms with E-state index >= 15 is 0 Å². The Kier molecular flexibility index (Phi) is 7.01. The minimum absolute atomic E-state index is 0. The summed E-state index contributed by atoms with van der Waals surface area (Å²) in [6, 6.07) is 0.846. The average Bonchev–Trinajstić information content (AvgIpc) is 2.37. The molecule has 0 aliphatic rings. The third-order valence-corrected chi connectivity index (χ3v) is 2.38. The molecule has 2 N–H and O–H groups in total. The van der Waals surface area contributed by atoms with Gasteiger partial charge >= 0.3 is 5.97 Å². The normalized spacial score (nSPS) is 13.0. The molecule has 0 aliphatic carbocycles. The molecule has 0 saturated carbocycles. The van der Waals surface area contributed by atoms with Gasteiger partial charge in [-0.2, -0.15) is 0 Å². The Morgan fingerprint density at radius 1 is 1.55 bits per heavy atom. The van der Waals surface area contributed by atoms with Gasteiger partial charge in [0.05, 0.1) is 17.6 Å². The van der Waals surface area contributed by atoms with Crippen LogP contribution in [0, 0.1) is 15.9 Å². The van der Waals surface area contributed by atoms with Crippen LogP contribution >= 0.6 is 12.4 Å². The fourth-order valence-electron chi connectivity index (χ4n) is 1.43.